The van der Waals surface area contributed by atoms with Gasteiger partial charge in [-0.3, -0.25) is 4.57 Å². The summed E-state index contributed by atoms with van der Waals surface area (Å²) >= 11 is 0. The molecular formula is C12H24BO6P. The second-order valence-corrected chi connectivity index (χ2v) is 8.45. The third-order valence-electron chi connectivity index (χ3n) is 3.67. The summed E-state index contributed by atoms with van der Waals surface area (Å²) in [6.45, 7) is 5.90. The first-order chi connectivity index (χ1) is 8.90. The van der Waals surface area contributed by atoms with Gasteiger partial charge in [0.25, 0.3) is 0 Å². The smallest absolute Gasteiger partial charge is 0.359 e. The average molecular weight is 306 g/mol. The van der Waals surface area contributed by atoms with Gasteiger partial charge in [0.1, 0.15) is 7.85 Å². The van der Waals surface area contributed by atoms with Crippen molar-refractivity contribution in [2.45, 2.75) is 76.1 Å². The van der Waals surface area contributed by atoms with Gasteiger partial charge in [0, 0.05) is 12.4 Å². The van der Waals surface area contributed by atoms with E-state index in [2.05, 4.69) is 0 Å². The molecule has 1 aliphatic heterocycles. The van der Waals surface area contributed by atoms with Crippen molar-refractivity contribution in [3.63, 3.8) is 0 Å². The largest absolute Gasteiger partial charge is 0.390 e. The normalized spacial score (nSPS) is 33.6. The van der Waals surface area contributed by atoms with Crippen molar-refractivity contribution in [2.75, 3.05) is 0 Å². The van der Waals surface area contributed by atoms with E-state index in [4.69, 9.17) is 17.1 Å². The minimum absolute atomic E-state index is 0.221. The van der Waals surface area contributed by atoms with E-state index >= 15 is 0 Å². The van der Waals surface area contributed by atoms with Crippen molar-refractivity contribution in [1.82, 2.24) is 0 Å². The van der Waals surface area contributed by atoms with Crippen LogP contribution in [-0.2, 0) is 13.8 Å². The minimum atomic E-state index is -4.22. The molecule has 0 aliphatic carbocycles. The lowest BCUT2D eigenvalue weighted by Gasteiger charge is -2.36. The Labute approximate surface area is 121 Å². The fraction of sp³-hybridized carbons (Fsp3) is 1.00. The van der Waals surface area contributed by atoms with Crippen LogP contribution in [0.5, 0.6) is 0 Å². The van der Waals surface area contributed by atoms with Crippen molar-refractivity contribution in [1.29, 1.82) is 0 Å². The Morgan fingerprint density at radius 1 is 1.45 bits per heavy atom. The molecule has 0 saturated carbocycles. The summed E-state index contributed by atoms with van der Waals surface area (Å²) in [6, 6.07) is -0.536. The average Bonchev–Trinajstić information content (AvgIpc) is 2.54. The van der Waals surface area contributed by atoms with Crippen molar-refractivity contribution in [3.8, 4) is 0 Å². The van der Waals surface area contributed by atoms with Crippen LogP contribution in [0.15, 0.2) is 0 Å². The van der Waals surface area contributed by atoms with Gasteiger partial charge in [-0.15, -0.1) is 0 Å². The van der Waals surface area contributed by atoms with Gasteiger partial charge in [-0.05, 0) is 33.6 Å². The molecule has 1 heterocycles. The van der Waals surface area contributed by atoms with Crippen LogP contribution in [0.2, 0.25) is 0 Å². The maximum atomic E-state index is 12.1. The maximum absolute atomic E-state index is 12.1. The first-order valence-corrected chi connectivity index (χ1v) is 8.33. The monoisotopic (exact) mass is 306 g/mol. The summed E-state index contributed by atoms with van der Waals surface area (Å²) in [5.41, 5.74) is -1.00. The van der Waals surface area contributed by atoms with Gasteiger partial charge in [0.2, 0.25) is 0 Å². The van der Waals surface area contributed by atoms with E-state index in [0.29, 0.717) is 12.8 Å². The number of ether oxygens (including phenoxy) is 1. The molecule has 0 amide bonds. The molecule has 20 heavy (non-hydrogen) atoms. The van der Waals surface area contributed by atoms with Gasteiger partial charge < -0.3 is 24.4 Å². The van der Waals surface area contributed by atoms with Gasteiger partial charge in [-0.2, -0.15) is 0 Å². The van der Waals surface area contributed by atoms with Crippen LogP contribution in [0.3, 0.4) is 0 Å². The van der Waals surface area contributed by atoms with E-state index in [9.17, 15) is 19.7 Å². The van der Waals surface area contributed by atoms with E-state index in [1.165, 1.54) is 13.8 Å². The Balaban J connectivity index is 2.80. The molecule has 0 spiro atoms. The highest BCUT2D eigenvalue weighted by atomic mass is 31.2. The van der Waals surface area contributed by atoms with Gasteiger partial charge in [-0.25, -0.2) is 0 Å². The van der Waals surface area contributed by atoms with Crippen LogP contribution in [0.25, 0.3) is 0 Å². The summed E-state index contributed by atoms with van der Waals surface area (Å²) in [5.74, 6) is 0. The molecule has 1 rings (SSSR count). The third kappa shape index (κ3) is 4.29. The lowest BCUT2D eigenvalue weighted by atomic mass is 9.91. The molecule has 8 heteroatoms. The lowest BCUT2D eigenvalue weighted by molar-refractivity contribution is -0.0413. The highest BCUT2D eigenvalue weighted by Crippen LogP contribution is 2.57. The molecule has 5 atom stereocenters. The molecule has 1 saturated heterocycles. The van der Waals surface area contributed by atoms with Crippen LogP contribution in [0.1, 0.15) is 47.0 Å². The van der Waals surface area contributed by atoms with E-state index in [-0.39, 0.29) is 6.42 Å². The van der Waals surface area contributed by atoms with Crippen LogP contribution < -0.4 is 0 Å². The zero-order valence-corrected chi connectivity index (χ0v) is 13.3. The molecule has 3 N–H and O–H groups in total. The van der Waals surface area contributed by atoms with E-state index in [0.717, 1.165) is 0 Å². The molecule has 6 nitrogen and oxygen atoms in total. The number of hydrogen-bond acceptors (Lipinski definition) is 5. The maximum Gasteiger partial charge on any atom is 0.359 e. The van der Waals surface area contributed by atoms with Gasteiger partial charge in [0.15, 0.2) is 5.34 Å². The summed E-state index contributed by atoms with van der Waals surface area (Å²) in [7, 11) is 1.39. The third-order valence-corrected chi connectivity index (χ3v) is 5.74. The van der Waals surface area contributed by atoms with Gasteiger partial charge in [-0.1, -0.05) is 6.92 Å². The molecule has 2 radical (unpaired) electrons. The topological polar surface area (TPSA) is 96.2 Å². The fourth-order valence-electron chi connectivity index (χ4n) is 2.03. The van der Waals surface area contributed by atoms with E-state index in [1.54, 1.807) is 13.8 Å². The number of rotatable bonds is 6. The molecule has 0 aromatic rings. The van der Waals surface area contributed by atoms with Crippen molar-refractivity contribution in [2.24, 2.45) is 0 Å². The Kier molecular flexibility index (Phi) is 5.51. The van der Waals surface area contributed by atoms with Crippen LogP contribution in [0.4, 0.5) is 0 Å². The minimum Gasteiger partial charge on any atom is -0.390 e. The zero-order chi connectivity index (χ0) is 15.8. The van der Waals surface area contributed by atoms with E-state index < -0.39 is 36.8 Å². The van der Waals surface area contributed by atoms with Gasteiger partial charge in [0.05, 0.1) is 17.8 Å². The van der Waals surface area contributed by atoms with Crippen LogP contribution in [0, 0.1) is 0 Å². The molecular weight excluding hydrogens is 282 g/mol. The van der Waals surface area contributed by atoms with Crippen LogP contribution in [-0.4, -0.2) is 52.1 Å². The summed E-state index contributed by atoms with van der Waals surface area (Å²) < 4.78 is 22.8. The Morgan fingerprint density at radius 2 is 2.00 bits per heavy atom. The molecule has 0 bridgehead atoms. The number of aliphatic hydroxyl groups is 2. The summed E-state index contributed by atoms with van der Waals surface area (Å²) in [4.78, 5) is 9.86. The molecule has 5 unspecified atom stereocenters. The summed E-state index contributed by atoms with van der Waals surface area (Å²) in [5, 5.41) is 17.7. The molecule has 116 valence electrons. The SMILES string of the molecule is [B]C1CC(O)C(CC(C)(CC)OP(=O)(O)C(C)(C)O)O1. The second kappa shape index (κ2) is 6.07. The van der Waals surface area contributed by atoms with E-state index in [1.807, 2.05) is 0 Å². The number of hydrogen-bond donors (Lipinski definition) is 3. The van der Waals surface area contributed by atoms with Gasteiger partial charge >= 0.3 is 7.60 Å². The highest BCUT2D eigenvalue weighted by molar-refractivity contribution is 7.54. The molecule has 1 aliphatic rings. The Hall–Kier alpha value is 0.0949. The lowest BCUT2D eigenvalue weighted by Crippen LogP contribution is -2.38. The first kappa shape index (κ1) is 18.1. The summed E-state index contributed by atoms with van der Waals surface area (Å²) in [6.07, 6.45) is -0.294. The van der Waals surface area contributed by atoms with Crippen molar-refractivity contribution in [3.05, 3.63) is 0 Å². The standard InChI is InChI=1S/C12H24BO6P/c1-5-12(4,19-20(16,17)11(2,3)15)7-9-8(14)6-10(13)18-9/h8-10,14-15H,5-7H2,1-4H3,(H,16,17). The molecule has 1 fully saturated rings. The molecule has 0 aromatic heterocycles. The zero-order valence-electron chi connectivity index (χ0n) is 12.4. The number of aliphatic hydroxyl groups excluding tert-OH is 1. The molecule has 0 aromatic carbocycles. The van der Waals surface area contributed by atoms with Crippen molar-refractivity contribution < 1.29 is 28.9 Å². The first-order valence-electron chi connectivity index (χ1n) is 6.75. The predicted octanol–water partition coefficient (Wildman–Crippen LogP) is 1.12. The highest BCUT2D eigenvalue weighted by Gasteiger charge is 2.46. The van der Waals surface area contributed by atoms with Crippen LogP contribution >= 0.6 is 7.60 Å². The second-order valence-electron chi connectivity index (χ2n) is 6.13. The fourth-order valence-corrected chi connectivity index (χ4v) is 3.05. The van der Waals surface area contributed by atoms with Crippen molar-refractivity contribution >= 4 is 15.4 Å². The predicted molar refractivity (Wildman–Crippen MR) is 75.6 cm³/mol. The Morgan fingerprint density at radius 3 is 2.35 bits per heavy atom. The Bertz CT molecular complexity index is 385. The quantitative estimate of drug-likeness (QED) is 0.503.